The number of carbonyl (C=O) groups is 1. The zero-order chi connectivity index (χ0) is 32.3. The molecule has 0 amide bonds. The van der Waals surface area contributed by atoms with Crippen LogP contribution in [0.4, 0.5) is 0 Å². The van der Waals surface area contributed by atoms with Crippen molar-refractivity contribution in [3.05, 3.63) is 137 Å². The number of rotatable bonds is 8. The summed E-state index contributed by atoms with van der Waals surface area (Å²) in [4.78, 5) is 15.3. The van der Waals surface area contributed by atoms with Gasteiger partial charge in [-0.15, -0.1) is 13.0 Å². The lowest BCUT2D eigenvalue weighted by Gasteiger charge is -2.10. The van der Waals surface area contributed by atoms with Gasteiger partial charge >= 0.3 is 0 Å². The third-order valence-corrected chi connectivity index (χ3v) is 5.17. The van der Waals surface area contributed by atoms with Gasteiger partial charge in [0.1, 0.15) is 12.4 Å². The third kappa shape index (κ3) is 18.0. The Morgan fingerprint density at radius 2 is 1.50 bits per heavy atom. The van der Waals surface area contributed by atoms with Crippen molar-refractivity contribution < 1.29 is 9.53 Å². The normalized spacial score (nSPS) is 8.95. The fourth-order valence-electron chi connectivity index (χ4n) is 3.23. The number of carbonyl (C=O) groups excluding carboxylic acids is 1. The topological polar surface area (TPSA) is 38.7 Å². The van der Waals surface area contributed by atoms with Gasteiger partial charge < -0.3 is 4.74 Å². The summed E-state index contributed by atoms with van der Waals surface area (Å²) < 4.78 is 5.76. The molecule has 0 saturated carbocycles. The fraction of sp³-hybridized carbons (Fsp3) is 0.282. The van der Waals surface area contributed by atoms with Gasteiger partial charge in [0.05, 0.1) is 0 Å². The first-order valence-corrected chi connectivity index (χ1v) is 14.4. The summed E-state index contributed by atoms with van der Waals surface area (Å²) in [5, 5.41) is 0. The van der Waals surface area contributed by atoms with Gasteiger partial charge in [0.25, 0.3) is 0 Å². The summed E-state index contributed by atoms with van der Waals surface area (Å²) in [6.07, 6.45) is 13.5. The molecule has 3 nitrogen and oxygen atoms in total. The number of benzene rings is 3. The molecule has 0 heterocycles. The zero-order valence-electron chi connectivity index (χ0n) is 27.3. The third-order valence-electron chi connectivity index (χ3n) is 5.17. The van der Waals surface area contributed by atoms with E-state index in [0.29, 0.717) is 17.9 Å². The van der Waals surface area contributed by atoms with Gasteiger partial charge in [-0.2, -0.15) is 0 Å². The first-order chi connectivity index (χ1) is 20.2. The number of hydrogen-bond donors (Lipinski definition) is 0. The van der Waals surface area contributed by atoms with E-state index >= 15 is 0 Å². The van der Waals surface area contributed by atoms with Crippen molar-refractivity contribution in [3.63, 3.8) is 0 Å². The number of aliphatic imine (C=N–C) groups is 1. The Hall–Kier alpha value is -4.42. The van der Waals surface area contributed by atoms with Crippen LogP contribution in [0.2, 0.25) is 0 Å². The van der Waals surface area contributed by atoms with E-state index in [1.807, 2.05) is 90.9 Å². The second-order valence-corrected chi connectivity index (χ2v) is 8.84. The quantitative estimate of drug-likeness (QED) is 0.118. The van der Waals surface area contributed by atoms with E-state index in [-0.39, 0.29) is 5.78 Å². The van der Waals surface area contributed by atoms with Crippen molar-refractivity contribution in [2.75, 3.05) is 0 Å². The van der Waals surface area contributed by atoms with Gasteiger partial charge in [0.2, 0.25) is 0 Å². The molecule has 0 unspecified atom stereocenters. The maximum atomic E-state index is 11.4. The summed E-state index contributed by atoms with van der Waals surface area (Å²) in [6, 6.07) is 21.6. The molecule has 0 aromatic heterocycles. The number of ether oxygens (including phenoxy) is 1. The van der Waals surface area contributed by atoms with Crippen LogP contribution in [0.3, 0.4) is 0 Å². The summed E-state index contributed by atoms with van der Waals surface area (Å²) in [6.45, 7) is 25.2. The van der Waals surface area contributed by atoms with E-state index in [2.05, 4.69) is 55.3 Å². The fourth-order valence-corrected chi connectivity index (χ4v) is 3.23. The number of nitrogens with zero attached hydrogens (tertiary/aromatic N) is 1. The molecular weight excluding hydrogens is 514 g/mol. The summed E-state index contributed by atoms with van der Waals surface area (Å²) in [5.74, 6) is 3.35. The second kappa shape index (κ2) is 25.5. The predicted octanol–water partition coefficient (Wildman–Crippen LogP) is 10.7. The minimum absolute atomic E-state index is 0.0302. The second-order valence-electron chi connectivity index (χ2n) is 8.84. The van der Waals surface area contributed by atoms with E-state index < -0.39 is 0 Å². The van der Waals surface area contributed by atoms with Gasteiger partial charge in [-0.05, 0) is 82.0 Å². The zero-order valence-corrected chi connectivity index (χ0v) is 27.3. The average molecular weight is 566 g/mol. The molecule has 0 spiro atoms. The molecule has 0 aliphatic rings. The van der Waals surface area contributed by atoms with Crippen molar-refractivity contribution in [3.8, 4) is 18.1 Å². The average Bonchev–Trinajstić information content (AvgIpc) is 3.00. The molecule has 224 valence electrons. The van der Waals surface area contributed by atoms with Crippen molar-refractivity contribution in [1.29, 1.82) is 0 Å². The SMILES string of the molecule is C#Cc1ccccc1COc1cc(C)cc(C(C)=O)c1.C=CC=NC=C(C)C.C=CCc1ccccc1C.CC.CC. The van der Waals surface area contributed by atoms with Crippen LogP contribution in [0, 0.1) is 26.2 Å². The van der Waals surface area contributed by atoms with E-state index in [9.17, 15) is 4.79 Å². The summed E-state index contributed by atoms with van der Waals surface area (Å²) in [7, 11) is 0. The Morgan fingerprint density at radius 3 is 2.02 bits per heavy atom. The lowest BCUT2D eigenvalue weighted by molar-refractivity contribution is 0.101. The molecule has 0 saturated heterocycles. The molecule has 0 atom stereocenters. The maximum Gasteiger partial charge on any atom is 0.159 e. The lowest BCUT2D eigenvalue weighted by Crippen LogP contribution is -2.00. The van der Waals surface area contributed by atoms with Crippen LogP contribution in [0.1, 0.15) is 86.6 Å². The highest BCUT2D eigenvalue weighted by molar-refractivity contribution is 5.94. The number of terminal acetylenes is 1. The van der Waals surface area contributed by atoms with E-state index in [1.54, 1.807) is 31.5 Å². The molecule has 0 aliphatic carbocycles. The first kappa shape index (κ1) is 39.7. The highest BCUT2D eigenvalue weighted by atomic mass is 16.5. The van der Waals surface area contributed by atoms with Crippen LogP contribution < -0.4 is 4.74 Å². The minimum Gasteiger partial charge on any atom is -0.489 e. The highest BCUT2D eigenvalue weighted by Crippen LogP contribution is 2.19. The van der Waals surface area contributed by atoms with Gasteiger partial charge in [-0.1, -0.05) is 100 Å². The monoisotopic (exact) mass is 565 g/mol. The molecular formula is C39H51NO2. The Kier molecular flexibility index (Phi) is 24.2. The Bertz CT molecular complexity index is 1300. The number of aryl methyl sites for hydroxylation is 2. The molecule has 3 heteroatoms. The Labute approximate surface area is 256 Å². The van der Waals surface area contributed by atoms with Gasteiger partial charge in [-0.25, -0.2) is 0 Å². The van der Waals surface area contributed by atoms with Crippen molar-refractivity contribution in [1.82, 2.24) is 0 Å². The minimum atomic E-state index is 0.0302. The van der Waals surface area contributed by atoms with Crippen LogP contribution in [0.5, 0.6) is 5.75 Å². The molecule has 0 bridgehead atoms. The first-order valence-electron chi connectivity index (χ1n) is 14.4. The summed E-state index contributed by atoms with van der Waals surface area (Å²) >= 11 is 0. The van der Waals surface area contributed by atoms with E-state index in [4.69, 9.17) is 11.2 Å². The molecule has 3 rings (SSSR count). The smallest absolute Gasteiger partial charge is 0.159 e. The lowest BCUT2D eigenvalue weighted by atomic mass is 10.1. The number of ketones is 1. The largest absolute Gasteiger partial charge is 0.489 e. The predicted molar refractivity (Wildman–Crippen MR) is 186 cm³/mol. The van der Waals surface area contributed by atoms with Crippen LogP contribution in [-0.2, 0) is 13.0 Å². The molecule has 0 fully saturated rings. The van der Waals surface area contributed by atoms with Crippen LogP contribution in [0.15, 0.2) is 109 Å². The molecule has 0 radical (unpaired) electrons. The highest BCUT2D eigenvalue weighted by Gasteiger charge is 2.05. The summed E-state index contributed by atoms with van der Waals surface area (Å²) in [5.41, 5.74) is 7.36. The molecule has 0 N–H and O–H groups in total. The number of Topliss-reactive ketones (excluding diaryl/α,β-unsaturated/α-hetero) is 1. The Balaban J connectivity index is 0. The molecule has 3 aromatic rings. The van der Waals surface area contributed by atoms with Gasteiger partial charge in [0.15, 0.2) is 5.78 Å². The number of allylic oxidation sites excluding steroid dienone is 3. The van der Waals surface area contributed by atoms with Crippen molar-refractivity contribution in [2.45, 2.75) is 75.3 Å². The number of hydrogen-bond acceptors (Lipinski definition) is 3. The molecule has 3 aromatic carbocycles. The molecule has 0 aliphatic heterocycles. The Morgan fingerprint density at radius 1 is 0.905 bits per heavy atom. The van der Waals surface area contributed by atoms with E-state index in [1.165, 1.54) is 16.7 Å². The van der Waals surface area contributed by atoms with Gasteiger partial charge in [0, 0.05) is 29.1 Å². The van der Waals surface area contributed by atoms with Crippen molar-refractivity contribution >= 4 is 12.0 Å². The van der Waals surface area contributed by atoms with Crippen molar-refractivity contribution in [2.24, 2.45) is 4.99 Å². The van der Waals surface area contributed by atoms with Crippen LogP contribution >= 0.6 is 0 Å². The van der Waals surface area contributed by atoms with Crippen LogP contribution in [-0.4, -0.2) is 12.0 Å². The van der Waals surface area contributed by atoms with E-state index in [0.717, 1.165) is 23.1 Å². The van der Waals surface area contributed by atoms with Crippen LogP contribution in [0.25, 0.3) is 0 Å². The van der Waals surface area contributed by atoms with Gasteiger partial charge in [-0.3, -0.25) is 9.79 Å². The standard InChI is InChI=1S/C18H16O2.C10H12.C7H11N.2C2H6/c1-4-15-7-5-6-8-16(15)12-20-18-10-13(2)9-17(11-18)14(3)19;1-3-6-10-8-5-4-7-9(10)2;1-4-5-8-6-7(2)3;2*1-2/h1,5-11H,12H2,2-3H3;3-5,7-8H,1,6H2,2H3;4-6H,1H2,2-3H3;2*1-2H3. The maximum absolute atomic E-state index is 11.4. The molecule has 42 heavy (non-hydrogen) atoms.